The number of rotatable bonds is 12. The zero-order chi connectivity index (χ0) is 25.0. The van der Waals surface area contributed by atoms with Gasteiger partial charge in [-0.3, -0.25) is 14.4 Å². The van der Waals surface area contributed by atoms with Gasteiger partial charge < -0.3 is 24.4 Å². The number of hydrogen-bond donors (Lipinski definition) is 1. The van der Waals surface area contributed by atoms with E-state index < -0.39 is 35.6 Å². The molecule has 2 unspecified atom stereocenters. The van der Waals surface area contributed by atoms with Crippen molar-refractivity contribution in [3.8, 4) is 0 Å². The highest BCUT2D eigenvalue weighted by atomic mass is 16.6. The molecule has 1 spiro atoms. The van der Waals surface area contributed by atoms with Gasteiger partial charge in [0.2, 0.25) is 11.8 Å². The van der Waals surface area contributed by atoms with Gasteiger partial charge in [-0.2, -0.15) is 0 Å². The second kappa shape index (κ2) is 10.7. The van der Waals surface area contributed by atoms with Crippen molar-refractivity contribution in [2.75, 3.05) is 26.3 Å². The van der Waals surface area contributed by atoms with Gasteiger partial charge in [0.15, 0.2) is 0 Å². The Morgan fingerprint density at radius 2 is 2.03 bits per heavy atom. The molecule has 35 heavy (non-hydrogen) atoms. The fraction of sp³-hybridized carbons (Fsp3) is 0.519. The molecular formula is C27H34N2O6. The van der Waals surface area contributed by atoms with Crippen molar-refractivity contribution < 1.29 is 29.0 Å². The number of carbonyl (C=O) groups is 3. The Hall–Kier alpha value is -2.97. The molecule has 3 aliphatic rings. The van der Waals surface area contributed by atoms with E-state index in [0.717, 1.165) is 5.56 Å². The third-order valence-corrected chi connectivity index (χ3v) is 7.31. The van der Waals surface area contributed by atoms with E-state index in [0.29, 0.717) is 38.8 Å². The lowest BCUT2D eigenvalue weighted by molar-refractivity contribution is -0.155. The quantitative estimate of drug-likeness (QED) is 0.278. The predicted octanol–water partition coefficient (Wildman–Crippen LogP) is 2.08. The van der Waals surface area contributed by atoms with E-state index in [4.69, 9.17) is 9.47 Å². The highest BCUT2D eigenvalue weighted by Crippen LogP contribution is 2.58. The monoisotopic (exact) mass is 482 g/mol. The van der Waals surface area contributed by atoms with E-state index >= 15 is 0 Å². The second-order valence-electron chi connectivity index (χ2n) is 9.40. The van der Waals surface area contributed by atoms with Crippen LogP contribution in [0.2, 0.25) is 0 Å². The van der Waals surface area contributed by atoms with E-state index in [2.05, 4.69) is 13.2 Å². The number of fused-ring (bicyclic) bond motifs is 1. The maximum atomic E-state index is 14.1. The number of hydrogen-bond acceptors (Lipinski definition) is 6. The molecule has 8 heteroatoms. The van der Waals surface area contributed by atoms with Gasteiger partial charge in [0.05, 0.1) is 24.5 Å². The highest BCUT2D eigenvalue weighted by molar-refractivity contribution is 5.98. The van der Waals surface area contributed by atoms with Crippen molar-refractivity contribution in [2.24, 2.45) is 11.8 Å². The standard InChI is InChI=1S/C27H34N2O6/c1-3-5-17-34-26(33)21-20-12-13-27(35-20)22(21)24(31)29(15-9-16-30)23(27)25(32)28(14-4-2)18-19-10-7-6-8-11-19/h3-4,6-8,10-11,20-23,30H,1-2,5,9,12-18H2/t20-,21+,22+,23?,27?/m1/s1. The molecule has 3 fully saturated rings. The average Bonchev–Trinajstić information content (AvgIpc) is 3.50. The number of aliphatic hydroxyl groups is 1. The van der Waals surface area contributed by atoms with Gasteiger partial charge in [-0.25, -0.2) is 0 Å². The van der Waals surface area contributed by atoms with Crippen molar-refractivity contribution in [3.05, 3.63) is 61.2 Å². The number of carbonyl (C=O) groups excluding carboxylic acids is 3. The molecule has 1 aromatic carbocycles. The molecule has 0 aromatic heterocycles. The van der Waals surface area contributed by atoms with Crippen LogP contribution in [0.1, 0.15) is 31.2 Å². The van der Waals surface area contributed by atoms with E-state index in [1.54, 1.807) is 17.1 Å². The lowest BCUT2D eigenvalue weighted by Gasteiger charge is -2.36. The van der Waals surface area contributed by atoms with Crippen molar-refractivity contribution in [3.63, 3.8) is 0 Å². The molecular weight excluding hydrogens is 448 g/mol. The summed E-state index contributed by atoms with van der Waals surface area (Å²) in [6.45, 7) is 8.42. The van der Waals surface area contributed by atoms with E-state index in [-0.39, 0.29) is 31.6 Å². The minimum atomic E-state index is -1.08. The van der Waals surface area contributed by atoms with Crippen molar-refractivity contribution >= 4 is 17.8 Å². The number of amides is 2. The van der Waals surface area contributed by atoms with E-state index in [1.165, 1.54) is 4.90 Å². The Morgan fingerprint density at radius 1 is 1.26 bits per heavy atom. The molecule has 188 valence electrons. The van der Waals surface area contributed by atoms with Crippen LogP contribution in [0.15, 0.2) is 55.6 Å². The number of ether oxygens (including phenoxy) is 2. The minimum Gasteiger partial charge on any atom is -0.465 e. The van der Waals surface area contributed by atoms with Gasteiger partial charge in [0, 0.05) is 26.2 Å². The van der Waals surface area contributed by atoms with Gasteiger partial charge in [0.25, 0.3) is 0 Å². The molecule has 3 saturated heterocycles. The number of aliphatic hydroxyl groups excluding tert-OH is 1. The van der Waals surface area contributed by atoms with Gasteiger partial charge in [-0.15, -0.1) is 13.2 Å². The van der Waals surface area contributed by atoms with Crippen LogP contribution in [0.25, 0.3) is 0 Å². The number of likely N-dealkylation sites (tertiary alicyclic amines) is 1. The van der Waals surface area contributed by atoms with E-state index in [9.17, 15) is 19.5 Å². The topological polar surface area (TPSA) is 96.4 Å². The second-order valence-corrected chi connectivity index (χ2v) is 9.40. The summed E-state index contributed by atoms with van der Waals surface area (Å²) < 4.78 is 11.8. The first kappa shape index (κ1) is 25.1. The van der Waals surface area contributed by atoms with Crippen molar-refractivity contribution in [1.82, 2.24) is 9.80 Å². The molecule has 5 atom stereocenters. The molecule has 2 amide bonds. The Balaban J connectivity index is 1.66. The third kappa shape index (κ3) is 4.52. The summed E-state index contributed by atoms with van der Waals surface area (Å²) in [6, 6.07) is 8.76. The molecule has 1 N–H and O–H groups in total. The van der Waals surface area contributed by atoms with Gasteiger partial charge in [-0.05, 0) is 31.2 Å². The predicted molar refractivity (Wildman–Crippen MR) is 129 cm³/mol. The average molecular weight is 483 g/mol. The maximum Gasteiger partial charge on any atom is 0.312 e. The van der Waals surface area contributed by atoms with Crippen LogP contribution in [-0.4, -0.2) is 76.7 Å². The summed E-state index contributed by atoms with van der Waals surface area (Å²) in [4.78, 5) is 44.0. The fourth-order valence-corrected chi connectivity index (χ4v) is 5.89. The summed E-state index contributed by atoms with van der Waals surface area (Å²) in [5, 5.41) is 9.46. The van der Waals surface area contributed by atoms with Crippen LogP contribution in [0.5, 0.6) is 0 Å². The van der Waals surface area contributed by atoms with Crippen LogP contribution in [0, 0.1) is 11.8 Å². The van der Waals surface area contributed by atoms with Crippen molar-refractivity contribution in [2.45, 2.75) is 50.0 Å². The molecule has 8 nitrogen and oxygen atoms in total. The fourth-order valence-electron chi connectivity index (χ4n) is 5.89. The number of benzene rings is 1. The summed E-state index contributed by atoms with van der Waals surface area (Å²) in [5.41, 5.74) is -0.115. The molecule has 0 aliphatic carbocycles. The number of esters is 1. The van der Waals surface area contributed by atoms with E-state index in [1.807, 2.05) is 30.3 Å². The van der Waals surface area contributed by atoms with Crippen LogP contribution in [0.4, 0.5) is 0 Å². The Labute approximate surface area is 206 Å². The molecule has 4 rings (SSSR count). The van der Waals surface area contributed by atoms with Gasteiger partial charge >= 0.3 is 5.97 Å². The summed E-state index contributed by atoms with van der Waals surface area (Å²) in [5.74, 6) is -2.48. The molecule has 0 radical (unpaired) electrons. The SMILES string of the molecule is C=CCCOC(=O)[C@@H]1[C@H]2C(=O)N(CCCO)C(C(=O)N(CC=C)Cc3ccccc3)C23CC[C@H]1O3. The normalized spacial score (nSPS) is 28.6. The summed E-state index contributed by atoms with van der Waals surface area (Å²) >= 11 is 0. The summed E-state index contributed by atoms with van der Waals surface area (Å²) in [6.07, 6.45) is 4.84. The lowest BCUT2D eigenvalue weighted by atomic mass is 9.70. The first-order valence-corrected chi connectivity index (χ1v) is 12.3. The zero-order valence-corrected chi connectivity index (χ0v) is 20.0. The van der Waals surface area contributed by atoms with Crippen molar-refractivity contribution in [1.29, 1.82) is 0 Å². The third-order valence-electron chi connectivity index (χ3n) is 7.31. The first-order valence-electron chi connectivity index (χ1n) is 12.3. The Kier molecular flexibility index (Phi) is 7.72. The molecule has 0 saturated carbocycles. The lowest BCUT2D eigenvalue weighted by Crippen LogP contribution is -2.56. The Morgan fingerprint density at radius 3 is 2.71 bits per heavy atom. The smallest absolute Gasteiger partial charge is 0.312 e. The molecule has 1 aromatic rings. The largest absolute Gasteiger partial charge is 0.465 e. The Bertz CT molecular complexity index is 966. The number of nitrogens with zero attached hydrogens (tertiary/aromatic N) is 2. The molecule has 3 heterocycles. The van der Waals surface area contributed by atoms with Crippen LogP contribution in [0.3, 0.4) is 0 Å². The van der Waals surface area contributed by atoms with Crippen LogP contribution in [-0.2, 0) is 30.4 Å². The molecule has 2 bridgehead atoms. The summed E-state index contributed by atoms with van der Waals surface area (Å²) in [7, 11) is 0. The van der Waals surface area contributed by atoms with Gasteiger partial charge in [-0.1, -0.05) is 42.5 Å². The minimum absolute atomic E-state index is 0.112. The van der Waals surface area contributed by atoms with Crippen LogP contribution < -0.4 is 0 Å². The first-order chi connectivity index (χ1) is 17.0. The molecule has 3 aliphatic heterocycles. The highest BCUT2D eigenvalue weighted by Gasteiger charge is 2.75. The van der Waals surface area contributed by atoms with Crippen LogP contribution >= 0.6 is 0 Å². The van der Waals surface area contributed by atoms with Gasteiger partial charge in [0.1, 0.15) is 11.6 Å². The zero-order valence-electron chi connectivity index (χ0n) is 20.0. The maximum absolute atomic E-state index is 14.1.